The van der Waals surface area contributed by atoms with Crippen LogP contribution in [0, 0.1) is 13.8 Å². The number of ether oxygens (including phenoxy) is 2. The van der Waals surface area contributed by atoms with Gasteiger partial charge in [-0.3, -0.25) is 9.36 Å². The molecule has 0 aliphatic heterocycles. The van der Waals surface area contributed by atoms with Gasteiger partial charge in [0.15, 0.2) is 6.10 Å². The SMILES string of the molecule is CC[C@@H](Oc1ccc(C)cc1C)C(=O)n1cc(C(=O)OC)c2ccccc21. The first-order chi connectivity index (χ1) is 13.0. The van der Waals surface area contributed by atoms with E-state index in [1.165, 1.54) is 17.9 Å². The molecule has 3 rings (SSSR count). The Morgan fingerprint density at radius 1 is 1.11 bits per heavy atom. The van der Waals surface area contributed by atoms with Gasteiger partial charge >= 0.3 is 5.97 Å². The summed E-state index contributed by atoms with van der Waals surface area (Å²) < 4.78 is 12.4. The number of carbonyl (C=O) groups excluding carboxylic acids is 2. The van der Waals surface area contributed by atoms with Crippen LogP contribution in [0.1, 0.15) is 39.6 Å². The minimum absolute atomic E-state index is 0.219. The number of carbonyl (C=O) groups is 2. The zero-order valence-corrected chi connectivity index (χ0v) is 16.0. The number of esters is 1. The third-order valence-corrected chi connectivity index (χ3v) is 4.60. The second-order valence-electron chi connectivity index (χ2n) is 6.54. The molecule has 0 spiro atoms. The molecule has 0 fully saturated rings. The van der Waals surface area contributed by atoms with Crippen molar-refractivity contribution in [2.24, 2.45) is 0 Å². The molecule has 27 heavy (non-hydrogen) atoms. The number of aryl methyl sites for hydroxylation is 2. The first kappa shape index (κ1) is 18.7. The Kier molecular flexibility index (Phi) is 5.31. The number of para-hydroxylation sites is 1. The van der Waals surface area contributed by atoms with Crippen molar-refractivity contribution in [3.63, 3.8) is 0 Å². The third kappa shape index (κ3) is 3.58. The molecule has 0 aliphatic rings. The summed E-state index contributed by atoms with van der Waals surface area (Å²) in [4.78, 5) is 25.3. The van der Waals surface area contributed by atoms with Crippen molar-refractivity contribution in [2.45, 2.75) is 33.3 Å². The lowest BCUT2D eigenvalue weighted by Crippen LogP contribution is -2.31. The van der Waals surface area contributed by atoms with Gasteiger partial charge in [0.25, 0.3) is 5.91 Å². The van der Waals surface area contributed by atoms with Crippen LogP contribution in [0.2, 0.25) is 0 Å². The molecule has 0 aliphatic carbocycles. The van der Waals surface area contributed by atoms with Crippen molar-refractivity contribution in [1.29, 1.82) is 0 Å². The normalized spacial score (nSPS) is 12.0. The number of aromatic nitrogens is 1. The summed E-state index contributed by atoms with van der Waals surface area (Å²) in [6, 6.07) is 13.1. The highest BCUT2D eigenvalue weighted by atomic mass is 16.5. The molecule has 5 nitrogen and oxygen atoms in total. The quantitative estimate of drug-likeness (QED) is 0.623. The van der Waals surface area contributed by atoms with Gasteiger partial charge in [0.1, 0.15) is 5.75 Å². The molecule has 5 heteroatoms. The topological polar surface area (TPSA) is 57.5 Å². The second kappa shape index (κ2) is 7.66. The van der Waals surface area contributed by atoms with E-state index in [1.807, 2.05) is 57.2 Å². The van der Waals surface area contributed by atoms with Gasteiger partial charge < -0.3 is 9.47 Å². The molecule has 2 aromatic carbocycles. The molecular formula is C22H23NO4. The maximum atomic E-state index is 13.2. The van der Waals surface area contributed by atoms with E-state index in [-0.39, 0.29) is 5.91 Å². The Labute approximate surface area is 158 Å². The molecule has 0 unspecified atom stereocenters. The van der Waals surface area contributed by atoms with Crippen molar-refractivity contribution >= 4 is 22.8 Å². The van der Waals surface area contributed by atoms with Crippen molar-refractivity contribution in [1.82, 2.24) is 4.57 Å². The van der Waals surface area contributed by atoms with Crippen LogP contribution in [-0.2, 0) is 4.74 Å². The van der Waals surface area contributed by atoms with Crippen molar-refractivity contribution < 1.29 is 19.1 Å². The maximum absolute atomic E-state index is 13.2. The van der Waals surface area contributed by atoms with Crippen LogP contribution in [0.4, 0.5) is 0 Å². The highest BCUT2D eigenvalue weighted by molar-refractivity contribution is 6.07. The fraction of sp³-hybridized carbons (Fsp3) is 0.273. The number of benzene rings is 2. The van der Waals surface area contributed by atoms with Gasteiger partial charge in [0.05, 0.1) is 18.2 Å². The van der Waals surface area contributed by atoms with E-state index in [0.29, 0.717) is 28.6 Å². The molecule has 0 bridgehead atoms. The summed E-state index contributed by atoms with van der Waals surface area (Å²) in [6.45, 7) is 5.87. The average Bonchev–Trinajstić information content (AvgIpc) is 3.06. The van der Waals surface area contributed by atoms with Gasteiger partial charge in [-0.05, 0) is 38.0 Å². The van der Waals surface area contributed by atoms with Crippen LogP contribution in [-0.4, -0.2) is 29.7 Å². The van der Waals surface area contributed by atoms with E-state index in [0.717, 1.165) is 11.1 Å². The van der Waals surface area contributed by atoms with E-state index < -0.39 is 12.1 Å². The summed E-state index contributed by atoms with van der Waals surface area (Å²) in [6.07, 6.45) is 1.38. The largest absolute Gasteiger partial charge is 0.480 e. The van der Waals surface area contributed by atoms with Crippen LogP contribution < -0.4 is 4.74 Å². The molecule has 0 saturated heterocycles. The molecule has 0 radical (unpaired) electrons. The summed E-state index contributed by atoms with van der Waals surface area (Å²) in [7, 11) is 1.33. The molecule has 140 valence electrons. The van der Waals surface area contributed by atoms with Gasteiger partial charge in [0, 0.05) is 11.6 Å². The summed E-state index contributed by atoms with van der Waals surface area (Å²) in [5, 5.41) is 0.680. The van der Waals surface area contributed by atoms with Crippen LogP contribution in [0.15, 0.2) is 48.7 Å². The second-order valence-corrected chi connectivity index (χ2v) is 6.54. The maximum Gasteiger partial charge on any atom is 0.340 e. The lowest BCUT2D eigenvalue weighted by molar-refractivity contribution is 0.0602. The monoisotopic (exact) mass is 365 g/mol. The molecule has 0 N–H and O–H groups in total. The Bertz CT molecular complexity index is 1000. The molecule has 1 heterocycles. The minimum Gasteiger partial charge on any atom is -0.480 e. The predicted octanol–water partition coefficient (Wildman–Crippen LogP) is 4.54. The summed E-state index contributed by atoms with van der Waals surface area (Å²) in [5.41, 5.74) is 3.14. The van der Waals surface area contributed by atoms with Gasteiger partial charge in [-0.2, -0.15) is 0 Å². The van der Waals surface area contributed by atoms with E-state index in [9.17, 15) is 9.59 Å². The number of methoxy groups -OCH3 is 1. The molecule has 0 saturated carbocycles. The average molecular weight is 365 g/mol. The fourth-order valence-electron chi connectivity index (χ4n) is 3.18. The Morgan fingerprint density at radius 3 is 2.52 bits per heavy atom. The standard InChI is InChI=1S/C22H23NO4/c1-5-19(27-20-11-10-14(2)12-15(20)3)21(24)23-13-17(22(25)26-4)16-8-6-7-9-18(16)23/h6-13,19H,5H2,1-4H3/t19-/m1/s1. The van der Waals surface area contributed by atoms with Crippen molar-refractivity contribution in [2.75, 3.05) is 7.11 Å². The van der Waals surface area contributed by atoms with E-state index in [4.69, 9.17) is 9.47 Å². The third-order valence-electron chi connectivity index (χ3n) is 4.60. The molecule has 1 atom stereocenters. The van der Waals surface area contributed by atoms with E-state index in [1.54, 1.807) is 6.07 Å². The Hall–Kier alpha value is -3.08. The van der Waals surface area contributed by atoms with Crippen LogP contribution in [0.25, 0.3) is 10.9 Å². The van der Waals surface area contributed by atoms with E-state index in [2.05, 4.69) is 0 Å². The first-order valence-electron chi connectivity index (χ1n) is 8.92. The fourth-order valence-corrected chi connectivity index (χ4v) is 3.18. The number of fused-ring (bicyclic) bond motifs is 1. The molecule has 0 amide bonds. The smallest absolute Gasteiger partial charge is 0.340 e. The zero-order valence-electron chi connectivity index (χ0n) is 16.0. The van der Waals surface area contributed by atoms with Gasteiger partial charge in [-0.15, -0.1) is 0 Å². The first-order valence-corrected chi connectivity index (χ1v) is 8.92. The van der Waals surface area contributed by atoms with Crippen LogP contribution in [0.5, 0.6) is 5.75 Å². The van der Waals surface area contributed by atoms with Gasteiger partial charge in [0.2, 0.25) is 0 Å². The zero-order chi connectivity index (χ0) is 19.6. The van der Waals surface area contributed by atoms with Crippen molar-refractivity contribution in [3.8, 4) is 5.75 Å². The number of hydrogen-bond donors (Lipinski definition) is 0. The lowest BCUT2D eigenvalue weighted by atomic mass is 10.1. The van der Waals surface area contributed by atoms with E-state index >= 15 is 0 Å². The van der Waals surface area contributed by atoms with Gasteiger partial charge in [-0.1, -0.05) is 42.8 Å². The minimum atomic E-state index is -0.660. The number of hydrogen-bond acceptors (Lipinski definition) is 4. The summed E-state index contributed by atoms with van der Waals surface area (Å²) in [5.74, 6) is -0.00428. The molecule has 3 aromatic rings. The number of rotatable bonds is 5. The number of nitrogens with zero attached hydrogens (tertiary/aromatic N) is 1. The Balaban J connectivity index is 1.99. The Morgan fingerprint density at radius 2 is 1.85 bits per heavy atom. The van der Waals surface area contributed by atoms with Crippen LogP contribution >= 0.6 is 0 Å². The van der Waals surface area contributed by atoms with Crippen molar-refractivity contribution in [3.05, 3.63) is 65.4 Å². The summed E-state index contributed by atoms with van der Waals surface area (Å²) >= 11 is 0. The van der Waals surface area contributed by atoms with Crippen LogP contribution in [0.3, 0.4) is 0 Å². The van der Waals surface area contributed by atoms with Gasteiger partial charge in [-0.25, -0.2) is 4.79 Å². The molecule has 1 aromatic heterocycles. The highest BCUT2D eigenvalue weighted by Crippen LogP contribution is 2.25. The molecular weight excluding hydrogens is 342 g/mol. The lowest BCUT2D eigenvalue weighted by Gasteiger charge is -2.19. The predicted molar refractivity (Wildman–Crippen MR) is 105 cm³/mol. The highest BCUT2D eigenvalue weighted by Gasteiger charge is 2.25.